The number of nitrogens with zero attached hydrogens (tertiary/aromatic N) is 1. The van der Waals surface area contributed by atoms with Crippen LogP contribution >= 0.6 is 15.9 Å². The van der Waals surface area contributed by atoms with Crippen molar-refractivity contribution in [1.29, 1.82) is 0 Å². The van der Waals surface area contributed by atoms with Gasteiger partial charge in [0.2, 0.25) is 0 Å². The van der Waals surface area contributed by atoms with E-state index in [1.165, 1.54) is 4.90 Å². The number of benzene rings is 1. The van der Waals surface area contributed by atoms with Gasteiger partial charge in [0, 0.05) is 10.5 Å². The molecular formula is C14H14BrNO3. The Morgan fingerprint density at radius 1 is 1.11 bits per heavy atom. The second-order valence-electron chi connectivity index (χ2n) is 5.11. The molecule has 0 saturated heterocycles. The molecule has 0 radical (unpaired) electrons. The molecule has 1 aromatic rings. The molecule has 2 aliphatic rings. The molecule has 5 heteroatoms. The van der Waals surface area contributed by atoms with E-state index in [1.807, 2.05) is 0 Å². The summed E-state index contributed by atoms with van der Waals surface area (Å²) in [5.41, 5.74) is 0.948. The summed E-state index contributed by atoms with van der Waals surface area (Å²) < 4.78 is 0.668. The Morgan fingerprint density at radius 3 is 2.42 bits per heavy atom. The number of hydrogen-bond acceptors (Lipinski definition) is 3. The Morgan fingerprint density at radius 2 is 1.79 bits per heavy atom. The lowest BCUT2D eigenvalue weighted by molar-refractivity contribution is 0.0449. The first kappa shape index (κ1) is 12.8. The molecule has 0 unspecified atom stereocenters. The SMILES string of the molecule is O=C1c2cccc(Br)c2C(=O)N1C1CCC(O)CC1. The molecule has 1 fully saturated rings. The van der Waals surface area contributed by atoms with Crippen molar-refractivity contribution in [3.8, 4) is 0 Å². The van der Waals surface area contributed by atoms with Gasteiger partial charge in [-0.05, 0) is 53.7 Å². The topological polar surface area (TPSA) is 57.6 Å². The van der Waals surface area contributed by atoms with Crippen LogP contribution in [0.4, 0.5) is 0 Å². The first-order chi connectivity index (χ1) is 9.09. The summed E-state index contributed by atoms with van der Waals surface area (Å²) in [5.74, 6) is -0.420. The predicted octanol–water partition coefficient (Wildman–Crippen LogP) is 2.35. The molecule has 1 N–H and O–H groups in total. The van der Waals surface area contributed by atoms with Crippen LogP contribution in [-0.2, 0) is 0 Å². The average molecular weight is 324 g/mol. The number of halogens is 1. The van der Waals surface area contributed by atoms with Crippen LogP contribution in [0.1, 0.15) is 46.4 Å². The van der Waals surface area contributed by atoms with Crippen molar-refractivity contribution in [2.24, 2.45) is 0 Å². The molecule has 1 aliphatic heterocycles. The third-order valence-electron chi connectivity index (χ3n) is 3.93. The maximum Gasteiger partial charge on any atom is 0.262 e. The van der Waals surface area contributed by atoms with Crippen molar-refractivity contribution in [2.75, 3.05) is 0 Å². The first-order valence-electron chi connectivity index (χ1n) is 6.44. The quantitative estimate of drug-likeness (QED) is 0.807. The fraction of sp³-hybridized carbons (Fsp3) is 0.429. The van der Waals surface area contributed by atoms with E-state index in [0.29, 0.717) is 41.3 Å². The van der Waals surface area contributed by atoms with E-state index in [0.717, 1.165) is 0 Å². The van der Waals surface area contributed by atoms with E-state index >= 15 is 0 Å². The van der Waals surface area contributed by atoms with Crippen molar-refractivity contribution in [3.05, 3.63) is 33.8 Å². The van der Waals surface area contributed by atoms with Crippen LogP contribution in [0.15, 0.2) is 22.7 Å². The number of rotatable bonds is 1. The minimum Gasteiger partial charge on any atom is -0.393 e. The molecule has 0 aromatic heterocycles. The second-order valence-corrected chi connectivity index (χ2v) is 5.96. The summed E-state index contributed by atoms with van der Waals surface area (Å²) in [5, 5.41) is 9.52. The van der Waals surface area contributed by atoms with Crippen LogP contribution in [0.3, 0.4) is 0 Å². The van der Waals surface area contributed by atoms with Gasteiger partial charge >= 0.3 is 0 Å². The van der Waals surface area contributed by atoms with Crippen LogP contribution in [0.5, 0.6) is 0 Å². The minimum atomic E-state index is -0.293. The van der Waals surface area contributed by atoms with Gasteiger partial charge in [0.05, 0.1) is 17.2 Å². The summed E-state index contributed by atoms with van der Waals surface area (Å²) in [6, 6.07) is 5.15. The summed E-state index contributed by atoms with van der Waals surface area (Å²) in [7, 11) is 0. The van der Waals surface area contributed by atoms with Crippen LogP contribution in [0, 0.1) is 0 Å². The van der Waals surface area contributed by atoms with Gasteiger partial charge < -0.3 is 5.11 Å². The highest BCUT2D eigenvalue weighted by Crippen LogP contribution is 2.34. The second kappa shape index (κ2) is 4.72. The monoisotopic (exact) mass is 323 g/mol. The van der Waals surface area contributed by atoms with Gasteiger partial charge in [0.15, 0.2) is 0 Å². The molecule has 4 nitrogen and oxygen atoms in total. The maximum atomic E-state index is 12.4. The van der Waals surface area contributed by atoms with E-state index in [2.05, 4.69) is 15.9 Å². The van der Waals surface area contributed by atoms with E-state index in [9.17, 15) is 14.7 Å². The maximum absolute atomic E-state index is 12.4. The molecular weight excluding hydrogens is 310 g/mol. The fourth-order valence-corrected chi connectivity index (χ4v) is 3.45. The predicted molar refractivity (Wildman–Crippen MR) is 72.9 cm³/mol. The molecule has 1 heterocycles. The molecule has 1 saturated carbocycles. The largest absolute Gasteiger partial charge is 0.393 e. The third kappa shape index (κ3) is 2.01. The van der Waals surface area contributed by atoms with Gasteiger partial charge in [0.1, 0.15) is 0 Å². The van der Waals surface area contributed by atoms with Gasteiger partial charge in [0.25, 0.3) is 11.8 Å². The number of fused-ring (bicyclic) bond motifs is 1. The Balaban J connectivity index is 1.92. The number of carbonyl (C=O) groups excluding carboxylic acids is 2. The van der Waals surface area contributed by atoms with Crippen molar-refractivity contribution in [3.63, 3.8) is 0 Å². The zero-order valence-corrected chi connectivity index (χ0v) is 11.9. The number of hydrogen-bond donors (Lipinski definition) is 1. The molecule has 3 rings (SSSR count). The highest BCUT2D eigenvalue weighted by molar-refractivity contribution is 9.10. The summed E-state index contributed by atoms with van der Waals surface area (Å²) in [4.78, 5) is 26.2. The van der Waals surface area contributed by atoms with Crippen molar-refractivity contribution >= 4 is 27.7 Å². The lowest BCUT2D eigenvalue weighted by atomic mass is 9.92. The third-order valence-corrected chi connectivity index (χ3v) is 4.59. The zero-order chi connectivity index (χ0) is 13.6. The van der Waals surface area contributed by atoms with Gasteiger partial charge in [-0.25, -0.2) is 0 Å². The van der Waals surface area contributed by atoms with E-state index in [1.54, 1.807) is 18.2 Å². The number of aliphatic hydroxyl groups is 1. The molecule has 100 valence electrons. The molecule has 0 bridgehead atoms. The summed E-state index contributed by atoms with van der Waals surface area (Å²) in [6.45, 7) is 0. The number of imide groups is 1. The Labute approximate surface area is 119 Å². The Hall–Kier alpha value is -1.20. The summed E-state index contributed by atoms with van der Waals surface area (Å²) in [6.07, 6.45) is 2.38. The zero-order valence-electron chi connectivity index (χ0n) is 10.3. The lowest BCUT2D eigenvalue weighted by Crippen LogP contribution is -2.42. The van der Waals surface area contributed by atoms with Crippen molar-refractivity contribution in [2.45, 2.75) is 37.8 Å². The molecule has 1 aliphatic carbocycles. The van der Waals surface area contributed by atoms with Crippen LogP contribution in [0.25, 0.3) is 0 Å². The standard InChI is InChI=1S/C14H14BrNO3/c15-11-3-1-2-10-12(11)14(19)16(13(10)18)8-4-6-9(17)7-5-8/h1-3,8-9,17H,4-7H2. The average Bonchev–Trinajstić information content (AvgIpc) is 2.65. The van der Waals surface area contributed by atoms with Crippen molar-refractivity contribution < 1.29 is 14.7 Å². The minimum absolute atomic E-state index is 0.0808. The lowest BCUT2D eigenvalue weighted by Gasteiger charge is -2.31. The van der Waals surface area contributed by atoms with Gasteiger partial charge in [-0.1, -0.05) is 6.07 Å². The molecule has 2 amide bonds. The number of carbonyl (C=O) groups is 2. The number of aliphatic hydroxyl groups excluding tert-OH is 1. The smallest absolute Gasteiger partial charge is 0.262 e. The Kier molecular flexibility index (Phi) is 3.19. The van der Waals surface area contributed by atoms with Gasteiger partial charge in [-0.3, -0.25) is 14.5 Å². The van der Waals surface area contributed by atoms with E-state index < -0.39 is 0 Å². The van der Waals surface area contributed by atoms with Crippen LogP contribution in [-0.4, -0.2) is 34.0 Å². The highest BCUT2D eigenvalue weighted by atomic mass is 79.9. The molecule has 0 spiro atoms. The normalized spacial score (nSPS) is 26.7. The van der Waals surface area contributed by atoms with Gasteiger partial charge in [-0.15, -0.1) is 0 Å². The van der Waals surface area contributed by atoms with E-state index in [-0.39, 0.29) is 24.0 Å². The van der Waals surface area contributed by atoms with Gasteiger partial charge in [-0.2, -0.15) is 0 Å². The van der Waals surface area contributed by atoms with Crippen LogP contribution < -0.4 is 0 Å². The number of amides is 2. The van der Waals surface area contributed by atoms with E-state index in [4.69, 9.17) is 0 Å². The van der Waals surface area contributed by atoms with Crippen molar-refractivity contribution in [1.82, 2.24) is 4.90 Å². The highest BCUT2D eigenvalue weighted by Gasteiger charge is 2.41. The molecule has 1 aromatic carbocycles. The Bertz CT molecular complexity index is 550. The first-order valence-corrected chi connectivity index (χ1v) is 7.23. The molecule has 0 atom stereocenters. The molecule has 19 heavy (non-hydrogen) atoms. The van der Waals surface area contributed by atoms with Crippen LogP contribution in [0.2, 0.25) is 0 Å². The fourth-order valence-electron chi connectivity index (χ4n) is 2.91. The summed E-state index contributed by atoms with van der Waals surface area (Å²) >= 11 is 3.34.